The second-order valence-corrected chi connectivity index (χ2v) is 5.47. The molecule has 0 radical (unpaired) electrons. The maximum atomic E-state index is 11.9. The second kappa shape index (κ2) is 8.06. The number of hydrogen-bond donors (Lipinski definition) is 1. The van der Waals surface area contributed by atoms with E-state index in [0.29, 0.717) is 18.7 Å². The molecule has 1 N–H and O–H groups in total. The normalized spacial score (nSPS) is 10.9. The van der Waals surface area contributed by atoms with Crippen LogP contribution in [0.15, 0.2) is 60.8 Å². The molecule has 5 heteroatoms. The molecule has 1 amide bonds. The van der Waals surface area contributed by atoms with E-state index in [4.69, 9.17) is 4.74 Å². The predicted molar refractivity (Wildman–Crippen MR) is 98.3 cm³/mol. The third-order valence-corrected chi connectivity index (χ3v) is 3.76. The van der Waals surface area contributed by atoms with Crippen molar-refractivity contribution in [2.24, 2.45) is 0 Å². The van der Waals surface area contributed by atoms with E-state index in [-0.39, 0.29) is 5.91 Å². The van der Waals surface area contributed by atoms with Gasteiger partial charge in [-0.05, 0) is 36.3 Å². The quantitative estimate of drug-likeness (QED) is 0.704. The monoisotopic (exact) mass is 333 g/mol. The summed E-state index contributed by atoms with van der Waals surface area (Å²) in [6.45, 7) is 0.535. The lowest BCUT2D eigenvalue weighted by Gasteiger charge is -2.08. The minimum atomic E-state index is -0.162. The van der Waals surface area contributed by atoms with Gasteiger partial charge in [0, 0.05) is 12.6 Å². The van der Waals surface area contributed by atoms with Crippen LogP contribution in [-0.4, -0.2) is 29.5 Å². The van der Waals surface area contributed by atoms with Crippen molar-refractivity contribution in [2.75, 3.05) is 13.7 Å². The number of rotatable bonds is 6. The van der Waals surface area contributed by atoms with Crippen molar-refractivity contribution in [2.45, 2.75) is 6.42 Å². The molecule has 0 aliphatic heterocycles. The molecule has 25 heavy (non-hydrogen) atoms. The summed E-state index contributed by atoms with van der Waals surface area (Å²) in [6.07, 6.45) is 5.50. The number of carbonyl (C=O) groups excluding carboxylic acids is 1. The van der Waals surface area contributed by atoms with E-state index < -0.39 is 0 Å². The van der Waals surface area contributed by atoms with Gasteiger partial charge in [0.1, 0.15) is 5.75 Å². The number of aromatic nitrogens is 2. The molecular formula is C20H19N3O2. The Morgan fingerprint density at radius 1 is 1.12 bits per heavy atom. The maximum Gasteiger partial charge on any atom is 0.244 e. The van der Waals surface area contributed by atoms with Crippen molar-refractivity contribution in [3.05, 3.63) is 72.1 Å². The van der Waals surface area contributed by atoms with Gasteiger partial charge in [0.05, 0.1) is 30.0 Å². The topological polar surface area (TPSA) is 64.1 Å². The molecule has 0 bridgehead atoms. The number of methoxy groups -OCH3 is 1. The standard InChI is InChI=1S/C20H19N3O2/c1-25-19-9-5-2-6-15(19)12-13-21-20(24)11-10-16-14-22-17-7-3-4-8-18(17)23-16/h2-11,14H,12-13H2,1H3,(H,21,24)/b11-10+. The minimum Gasteiger partial charge on any atom is -0.496 e. The van der Waals surface area contributed by atoms with Crippen molar-refractivity contribution in [3.8, 4) is 5.75 Å². The van der Waals surface area contributed by atoms with Crippen molar-refractivity contribution in [1.82, 2.24) is 15.3 Å². The van der Waals surface area contributed by atoms with Gasteiger partial charge in [0.25, 0.3) is 0 Å². The zero-order chi connectivity index (χ0) is 17.5. The number of amides is 1. The highest BCUT2D eigenvalue weighted by Crippen LogP contribution is 2.17. The molecule has 0 unspecified atom stereocenters. The Morgan fingerprint density at radius 3 is 2.72 bits per heavy atom. The summed E-state index contributed by atoms with van der Waals surface area (Å²) in [6, 6.07) is 15.4. The number of para-hydroxylation sites is 3. The highest BCUT2D eigenvalue weighted by Gasteiger charge is 2.02. The number of benzene rings is 2. The van der Waals surface area contributed by atoms with Crippen molar-refractivity contribution >= 4 is 23.0 Å². The molecule has 0 saturated heterocycles. The minimum absolute atomic E-state index is 0.162. The van der Waals surface area contributed by atoms with Gasteiger partial charge in [0.15, 0.2) is 0 Å². The van der Waals surface area contributed by atoms with Crippen LogP contribution in [0.1, 0.15) is 11.3 Å². The number of ether oxygens (including phenoxy) is 1. The average molecular weight is 333 g/mol. The smallest absolute Gasteiger partial charge is 0.244 e. The van der Waals surface area contributed by atoms with Crippen LogP contribution in [0.4, 0.5) is 0 Å². The molecule has 1 aromatic heterocycles. The van der Waals surface area contributed by atoms with Crippen LogP contribution in [0.2, 0.25) is 0 Å². The number of fused-ring (bicyclic) bond motifs is 1. The number of nitrogens with zero attached hydrogens (tertiary/aromatic N) is 2. The Morgan fingerprint density at radius 2 is 1.88 bits per heavy atom. The number of hydrogen-bond acceptors (Lipinski definition) is 4. The molecule has 0 aliphatic rings. The van der Waals surface area contributed by atoms with Crippen LogP contribution in [0.3, 0.4) is 0 Å². The molecule has 3 rings (SSSR count). The van der Waals surface area contributed by atoms with Gasteiger partial charge in [-0.3, -0.25) is 9.78 Å². The van der Waals surface area contributed by atoms with Crippen LogP contribution >= 0.6 is 0 Å². The van der Waals surface area contributed by atoms with Gasteiger partial charge in [-0.1, -0.05) is 30.3 Å². The lowest BCUT2D eigenvalue weighted by Crippen LogP contribution is -2.23. The molecule has 1 heterocycles. The molecular weight excluding hydrogens is 314 g/mol. The van der Waals surface area contributed by atoms with Gasteiger partial charge in [-0.25, -0.2) is 4.98 Å². The highest BCUT2D eigenvalue weighted by molar-refractivity contribution is 5.91. The first-order valence-corrected chi connectivity index (χ1v) is 8.06. The van der Waals surface area contributed by atoms with E-state index in [1.165, 1.54) is 6.08 Å². The zero-order valence-electron chi connectivity index (χ0n) is 14.0. The summed E-state index contributed by atoms with van der Waals surface area (Å²) in [7, 11) is 1.64. The summed E-state index contributed by atoms with van der Waals surface area (Å²) in [4.78, 5) is 20.7. The maximum absolute atomic E-state index is 11.9. The fraction of sp³-hybridized carbons (Fsp3) is 0.150. The number of nitrogens with one attached hydrogen (secondary N) is 1. The zero-order valence-corrected chi connectivity index (χ0v) is 14.0. The molecule has 0 aliphatic carbocycles. The van der Waals surface area contributed by atoms with Gasteiger partial charge >= 0.3 is 0 Å². The molecule has 5 nitrogen and oxygen atoms in total. The van der Waals surface area contributed by atoms with E-state index in [9.17, 15) is 4.79 Å². The fourth-order valence-corrected chi connectivity index (χ4v) is 2.50. The summed E-state index contributed by atoms with van der Waals surface area (Å²) >= 11 is 0. The predicted octanol–water partition coefficient (Wildman–Crippen LogP) is 3.01. The van der Waals surface area contributed by atoms with E-state index in [0.717, 1.165) is 22.3 Å². The van der Waals surface area contributed by atoms with Crippen molar-refractivity contribution in [1.29, 1.82) is 0 Å². The van der Waals surface area contributed by atoms with Gasteiger partial charge < -0.3 is 10.1 Å². The molecule has 0 fully saturated rings. The third-order valence-electron chi connectivity index (χ3n) is 3.76. The Balaban J connectivity index is 1.55. The first-order valence-electron chi connectivity index (χ1n) is 8.06. The van der Waals surface area contributed by atoms with E-state index in [2.05, 4.69) is 15.3 Å². The first-order chi connectivity index (χ1) is 12.3. The summed E-state index contributed by atoms with van der Waals surface area (Å²) in [5, 5.41) is 2.86. The Kier molecular flexibility index (Phi) is 5.36. The van der Waals surface area contributed by atoms with Crippen molar-refractivity contribution < 1.29 is 9.53 Å². The third kappa shape index (κ3) is 4.41. The summed E-state index contributed by atoms with van der Waals surface area (Å²) in [5.41, 5.74) is 3.36. The Bertz CT molecular complexity index is 906. The van der Waals surface area contributed by atoms with E-state index in [1.807, 2.05) is 48.5 Å². The Labute approximate surface area is 146 Å². The summed E-state index contributed by atoms with van der Waals surface area (Å²) in [5.74, 6) is 0.670. The fourth-order valence-electron chi connectivity index (χ4n) is 2.50. The van der Waals surface area contributed by atoms with Crippen LogP contribution in [0.25, 0.3) is 17.1 Å². The molecule has 0 atom stereocenters. The van der Waals surface area contributed by atoms with Gasteiger partial charge in [-0.15, -0.1) is 0 Å². The molecule has 0 saturated carbocycles. The molecule has 2 aromatic carbocycles. The lowest BCUT2D eigenvalue weighted by molar-refractivity contribution is -0.116. The first kappa shape index (κ1) is 16.6. The highest BCUT2D eigenvalue weighted by atomic mass is 16.5. The molecule has 0 spiro atoms. The van der Waals surface area contributed by atoms with Crippen LogP contribution in [0.5, 0.6) is 5.75 Å². The van der Waals surface area contributed by atoms with Crippen molar-refractivity contribution in [3.63, 3.8) is 0 Å². The van der Waals surface area contributed by atoms with E-state index in [1.54, 1.807) is 19.4 Å². The lowest BCUT2D eigenvalue weighted by atomic mass is 10.1. The van der Waals surface area contributed by atoms with Gasteiger partial charge in [0.2, 0.25) is 5.91 Å². The second-order valence-electron chi connectivity index (χ2n) is 5.47. The largest absolute Gasteiger partial charge is 0.496 e. The summed E-state index contributed by atoms with van der Waals surface area (Å²) < 4.78 is 5.30. The average Bonchev–Trinajstić information content (AvgIpc) is 2.66. The van der Waals surface area contributed by atoms with Crippen LogP contribution < -0.4 is 10.1 Å². The van der Waals surface area contributed by atoms with Crippen LogP contribution in [-0.2, 0) is 11.2 Å². The number of carbonyl (C=O) groups is 1. The van der Waals surface area contributed by atoms with Crippen LogP contribution in [0, 0.1) is 0 Å². The molecule has 126 valence electrons. The molecule has 3 aromatic rings. The Hall–Kier alpha value is -3.21. The SMILES string of the molecule is COc1ccccc1CCNC(=O)/C=C/c1cnc2ccccc2n1. The van der Waals surface area contributed by atoms with Gasteiger partial charge in [-0.2, -0.15) is 0 Å². The van der Waals surface area contributed by atoms with E-state index >= 15 is 0 Å².